The van der Waals surface area contributed by atoms with Crippen molar-refractivity contribution in [1.82, 2.24) is 5.32 Å². The second-order valence-corrected chi connectivity index (χ2v) is 7.02. The van der Waals surface area contributed by atoms with E-state index < -0.39 is 18.1 Å². The van der Waals surface area contributed by atoms with Crippen LogP contribution in [-0.4, -0.2) is 30.9 Å². The third-order valence-electron chi connectivity index (χ3n) is 5.28. The second-order valence-electron chi connectivity index (χ2n) is 7.02. The number of carbonyl (C=O) groups excluding carboxylic acids is 1. The minimum absolute atomic E-state index is 0.0942. The van der Waals surface area contributed by atoms with Crippen LogP contribution in [0.4, 0.5) is 4.79 Å². The van der Waals surface area contributed by atoms with Crippen LogP contribution >= 0.6 is 0 Å². The van der Waals surface area contributed by atoms with Crippen LogP contribution in [0.25, 0.3) is 11.1 Å². The molecule has 0 radical (unpaired) electrons. The Bertz CT molecular complexity index is 1050. The highest BCUT2D eigenvalue weighted by molar-refractivity contribution is 5.82. The van der Waals surface area contributed by atoms with Crippen molar-refractivity contribution in [1.29, 1.82) is 0 Å². The summed E-state index contributed by atoms with van der Waals surface area (Å²) in [5.74, 6) is -0.770. The Morgan fingerprint density at radius 1 is 0.967 bits per heavy atom. The largest absolute Gasteiger partial charge is 0.497 e. The minimum Gasteiger partial charge on any atom is -0.497 e. The lowest BCUT2D eigenvalue weighted by atomic mass is 9.98. The summed E-state index contributed by atoms with van der Waals surface area (Å²) in [6.07, 6.45) is -0.785. The van der Waals surface area contributed by atoms with Gasteiger partial charge in [0, 0.05) is 5.92 Å². The highest BCUT2D eigenvalue weighted by atomic mass is 16.5. The van der Waals surface area contributed by atoms with Crippen LogP contribution < -0.4 is 10.1 Å². The van der Waals surface area contributed by atoms with Gasteiger partial charge in [-0.1, -0.05) is 60.7 Å². The number of hydrogen-bond donors (Lipinski definition) is 2. The van der Waals surface area contributed by atoms with Gasteiger partial charge < -0.3 is 19.9 Å². The lowest BCUT2D eigenvalue weighted by Gasteiger charge is -2.18. The van der Waals surface area contributed by atoms with Gasteiger partial charge in [-0.05, 0) is 39.9 Å². The standard InChI is InChI=1S/C24H21NO5/c1-29-16-8-6-7-15(13-16)22(23(26)27)25-24(28)30-14-21-19-11-4-2-9-17(19)18-10-3-5-12-20(18)21/h2-13,21-22H,14H2,1H3,(H,25,28)(H,26,27)/t22-/m1/s1. The van der Waals surface area contributed by atoms with Crippen LogP contribution in [0.5, 0.6) is 5.75 Å². The van der Waals surface area contributed by atoms with Gasteiger partial charge in [-0.3, -0.25) is 0 Å². The molecule has 0 heterocycles. The molecule has 1 amide bonds. The van der Waals surface area contributed by atoms with Gasteiger partial charge in [-0.15, -0.1) is 0 Å². The Kier molecular flexibility index (Phi) is 5.39. The van der Waals surface area contributed by atoms with E-state index in [1.54, 1.807) is 24.3 Å². The average Bonchev–Trinajstić information content (AvgIpc) is 3.09. The molecule has 0 saturated carbocycles. The molecule has 0 fully saturated rings. The number of carboxylic acid groups (broad SMARTS) is 1. The molecule has 3 aromatic rings. The number of alkyl carbamates (subject to hydrolysis) is 1. The fraction of sp³-hybridized carbons (Fsp3) is 0.167. The third kappa shape index (κ3) is 3.72. The van der Waals surface area contributed by atoms with Gasteiger partial charge in [-0.2, -0.15) is 0 Å². The summed E-state index contributed by atoms with van der Waals surface area (Å²) in [7, 11) is 1.49. The molecule has 1 aliphatic carbocycles. The smallest absolute Gasteiger partial charge is 0.408 e. The number of hydrogen-bond acceptors (Lipinski definition) is 4. The third-order valence-corrected chi connectivity index (χ3v) is 5.28. The normalized spacial score (nSPS) is 13.1. The molecule has 0 unspecified atom stereocenters. The summed E-state index contributed by atoms with van der Waals surface area (Å²) < 4.78 is 10.6. The quantitative estimate of drug-likeness (QED) is 0.639. The second kappa shape index (κ2) is 8.29. The molecular formula is C24H21NO5. The Balaban J connectivity index is 1.48. The van der Waals surface area contributed by atoms with Crippen LogP contribution in [0.3, 0.4) is 0 Å². The highest BCUT2D eigenvalue weighted by Gasteiger charge is 2.30. The summed E-state index contributed by atoms with van der Waals surface area (Å²) in [5.41, 5.74) is 4.84. The fourth-order valence-electron chi connectivity index (χ4n) is 3.87. The van der Waals surface area contributed by atoms with Gasteiger partial charge in [0.15, 0.2) is 6.04 Å². The zero-order chi connectivity index (χ0) is 21.1. The molecule has 1 atom stereocenters. The van der Waals surface area contributed by atoms with Crippen LogP contribution in [0.2, 0.25) is 0 Å². The van der Waals surface area contributed by atoms with E-state index in [0.29, 0.717) is 11.3 Å². The van der Waals surface area contributed by atoms with Crippen molar-refractivity contribution in [2.45, 2.75) is 12.0 Å². The van der Waals surface area contributed by atoms with Crippen molar-refractivity contribution in [3.8, 4) is 16.9 Å². The van der Waals surface area contributed by atoms with E-state index in [-0.39, 0.29) is 12.5 Å². The van der Waals surface area contributed by atoms with Crippen molar-refractivity contribution in [2.75, 3.05) is 13.7 Å². The molecule has 6 heteroatoms. The van der Waals surface area contributed by atoms with Crippen molar-refractivity contribution in [3.63, 3.8) is 0 Å². The maximum atomic E-state index is 12.4. The van der Waals surface area contributed by atoms with E-state index >= 15 is 0 Å². The predicted molar refractivity (Wildman–Crippen MR) is 112 cm³/mol. The zero-order valence-corrected chi connectivity index (χ0v) is 16.4. The zero-order valence-electron chi connectivity index (χ0n) is 16.4. The number of nitrogens with one attached hydrogen (secondary N) is 1. The first-order valence-electron chi connectivity index (χ1n) is 9.56. The van der Waals surface area contributed by atoms with Crippen LogP contribution in [0.1, 0.15) is 28.7 Å². The summed E-state index contributed by atoms with van der Waals surface area (Å²) in [4.78, 5) is 24.2. The first-order valence-corrected chi connectivity index (χ1v) is 9.56. The maximum Gasteiger partial charge on any atom is 0.408 e. The van der Waals surface area contributed by atoms with Gasteiger partial charge in [0.1, 0.15) is 12.4 Å². The minimum atomic E-state index is -1.24. The van der Waals surface area contributed by atoms with Crippen molar-refractivity contribution in [3.05, 3.63) is 89.5 Å². The number of amides is 1. The number of benzene rings is 3. The molecular weight excluding hydrogens is 382 g/mol. The van der Waals surface area contributed by atoms with E-state index in [0.717, 1.165) is 22.3 Å². The molecule has 3 aromatic carbocycles. The topological polar surface area (TPSA) is 84.9 Å². The summed E-state index contributed by atoms with van der Waals surface area (Å²) in [5, 5.41) is 12.0. The molecule has 2 N–H and O–H groups in total. The summed E-state index contributed by atoms with van der Waals surface area (Å²) in [6.45, 7) is 0.115. The Morgan fingerprint density at radius 3 is 2.20 bits per heavy atom. The van der Waals surface area contributed by atoms with Crippen molar-refractivity contribution >= 4 is 12.1 Å². The molecule has 4 rings (SSSR count). The van der Waals surface area contributed by atoms with Gasteiger partial charge in [0.2, 0.25) is 0 Å². The van der Waals surface area contributed by atoms with Crippen molar-refractivity contribution < 1.29 is 24.2 Å². The lowest BCUT2D eigenvalue weighted by Crippen LogP contribution is -2.34. The number of aliphatic carboxylic acids is 1. The highest BCUT2D eigenvalue weighted by Crippen LogP contribution is 2.44. The molecule has 0 bridgehead atoms. The molecule has 6 nitrogen and oxygen atoms in total. The summed E-state index contributed by atoms with van der Waals surface area (Å²) >= 11 is 0. The summed E-state index contributed by atoms with van der Waals surface area (Å²) in [6, 6.07) is 21.4. The Labute approximate surface area is 174 Å². The van der Waals surface area contributed by atoms with Gasteiger partial charge in [0.05, 0.1) is 7.11 Å². The first kappa shape index (κ1) is 19.5. The predicted octanol–water partition coefficient (Wildman–Crippen LogP) is 4.36. The first-order chi connectivity index (χ1) is 14.6. The molecule has 0 spiro atoms. The molecule has 30 heavy (non-hydrogen) atoms. The van der Waals surface area contributed by atoms with E-state index in [9.17, 15) is 14.7 Å². The number of methoxy groups -OCH3 is 1. The van der Waals surface area contributed by atoms with E-state index in [4.69, 9.17) is 9.47 Å². The van der Waals surface area contributed by atoms with E-state index in [1.165, 1.54) is 7.11 Å². The van der Waals surface area contributed by atoms with Gasteiger partial charge in [0.25, 0.3) is 0 Å². The fourth-order valence-corrected chi connectivity index (χ4v) is 3.87. The maximum absolute atomic E-state index is 12.4. The van der Waals surface area contributed by atoms with Crippen molar-refractivity contribution in [2.24, 2.45) is 0 Å². The van der Waals surface area contributed by atoms with Gasteiger partial charge >= 0.3 is 12.1 Å². The molecule has 1 aliphatic rings. The number of rotatable bonds is 6. The number of fused-ring (bicyclic) bond motifs is 3. The Morgan fingerprint density at radius 2 is 1.60 bits per heavy atom. The van der Waals surface area contributed by atoms with Crippen LogP contribution in [0, 0.1) is 0 Å². The lowest BCUT2D eigenvalue weighted by molar-refractivity contribution is -0.139. The SMILES string of the molecule is COc1cccc([C@@H](NC(=O)OCC2c3ccccc3-c3ccccc32)C(=O)O)c1. The monoisotopic (exact) mass is 403 g/mol. The molecule has 0 saturated heterocycles. The van der Waals surface area contributed by atoms with E-state index in [1.807, 2.05) is 36.4 Å². The van der Waals surface area contributed by atoms with Crippen LogP contribution in [0.15, 0.2) is 72.8 Å². The Hall–Kier alpha value is -3.80. The number of carbonyl (C=O) groups is 2. The average molecular weight is 403 g/mol. The number of ether oxygens (including phenoxy) is 2. The number of carboxylic acids is 1. The molecule has 0 aromatic heterocycles. The molecule has 0 aliphatic heterocycles. The van der Waals surface area contributed by atoms with Gasteiger partial charge in [-0.25, -0.2) is 9.59 Å². The molecule has 152 valence electrons. The van der Waals surface area contributed by atoms with E-state index in [2.05, 4.69) is 17.4 Å². The van der Waals surface area contributed by atoms with Crippen LogP contribution in [-0.2, 0) is 9.53 Å².